The van der Waals surface area contributed by atoms with Gasteiger partial charge in [-0.2, -0.15) is 0 Å². The standard InChI is InChI=1S/C22H26N4O/c1-4-26(5-2)16(3)14-24-22(27)19-13-21(17-9-8-12-23-15-17)25-20-11-7-6-10-18(19)20/h6-13,15-16H,4-5,14H2,1-3H3,(H,24,27). The zero-order valence-corrected chi connectivity index (χ0v) is 16.1. The Labute approximate surface area is 160 Å². The number of nitrogens with zero attached hydrogens (tertiary/aromatic N) is 3. The molecular formula is C22H26N4O. The summed E-state index contributed by atoms with van der Waals surface area (Å²) in [7, 11) is 0. The van der Waals surface area contributed by atoms with E-state index in [-0.39, 0.29) is 11.9 Å². The molecule has 1 unspecified atom stereocenters. The lowest BCUT2D eigenvalue weighted by molar-refractivity contribution is 0.0939. The molecule has 1 aromatic carbocycles. The number of hydrogen-bond acceptors (Lipinski definition) is 4. The number of para-hydroxylation sites is 1. The lowest BCUT2D eigenvalue weighted by Crippen LogP contribution is -2.42. The van der Waals surface area contributed by atoms with Crippen molar-refractivity contribution in [2.24, 2.45) is 0 Å². The molecule has 1 amide bonds. The van der Waals surface area contributed by atoms with Crippen molar-refractivity contribution < 1.29 is 4.79 Å². The summed E-state index contributed by atoms with van der Waals surface area (Å²) in [5, 5.41) is 3.95. The molecule has 0 fully saturated rings. The number of hydrogen-bond donors (Lipinski definition) is 1. The fraction of sp³-hybridized carbons (Fsp3) is 0.318. The van der Waals surface area contributed by atoms with E-state index in [1.165, 1.54) is 0 Å². The van der Waals surface area contributed by atoms with E-state index in [4.69, 9.17) is 4.98 Å². The van der Waals surface area contributed by atoms with Crippen molar-refractivity contribution in [3.8, 4) is 11.3 Å². The van der Waals surface area contributed by atoms with E-state index in [0.29, 0.717) is 12.1 Å². The highest BCUT2D eigenvalue weighted by Crippen LogP contribution is 2.24. The maximum atomic E-state index is 13.0. The monoisotopic (exact) mass is 362 g/mol. The number of aromatic nitrogens is 2. The molecule has 2 heterocycles. The van der Waals surface area contributed by atoms with E-state index in [1.807, 2.05) is 42.5 Å². The Balaban J connectivity index is 1.91. The molecule has 0 spiro atoms. The first-order valence-electron chi connectivity index (χ1n) is 9.46. The fourth-order valence-electron chi connectivity index (χ4n) is 3.34. The summed E-state index contributed by atoms with van der Waals surface area (Å²) in [5.41, 5.74) is 3.10. The van der Waals surface area contributed by atoms with Gasteiger partial charge in [-0.15, -0.1) is 0 Å². The summed E-state index contributed by atoms with van der Waals surface area (Å²) >= 11 is 0. The molecule has 3 aromatic rings. The highest BCUT2D eigenvalue weighted by Gasteiger charge is 2.16. The maximum absolute atomic E-state index is 13.0. The second-order valence-electron chi connectivity index (χ2n) is 6.59. The topological polar surface area (TPSA) is 58.1 Å². The van der Waals surface area contributed by atoms with E-state index in [1.54, 1.807) is 12.4 Å². The second-order valence-corrected chi connectivity index (χ2v) is 6.59. The molecular weight excluding hydrogens is 336 g/mol. The highest BCUT2D eigenvalue weighted by atomic mass is 16.1. The molecule has 0 saturated heterocycles. The van der Waals surface area contributed by atoms with Crippen LogP contribution in [0.1, 0.15) is 31.1 Å². The molecule has 2 aromatic heterocycles. The Morgan fingerprint density at radius 3 is 2.63 bits per heavy atom. The number of carbonyl (C=O) groups excluding carboxylic acids is 1. The smallest absolute Gasteiger partial charge is 0.252 e. The molecule has 0 aliphatic carbocycles. The first kappa shape index (κ1) is 19.0. The summed E-state index contributed by atoms with van der Waals surface area (Å²) in [5.74, 6) is -0.0715. The summed E-state index contributed by atoms with van der Waals surface area (Å²) < 4.78 is 0. The van der Waals surface area contributed by atoms with Crippen LogP contribution >= 0.6 is 0 Å². The van der Waals surface area contributed by atoms with Gasteiger partial charge in [0.15, 0.2) is 0 Å². The summed E-state index contributed by atoms with van der Waals surface area (Å²) in [6, 6.07) is 13.7. The summed E-state index contributed by atoms with van der Waals surface area (Å²) in [6.45, 7) is 8.96. The van der Waals surface area contributed by atoms with Gasteiger partial charge in [-0.05, 0) is 44.3 Å². The van der Waals surface area contributed by atoms with Gasteiger partial charge in [0.2, 0.25) is 0 Å². The Bertz CT molecular complexity index is 907. The van der Waals surface area contributed by atoms with Crippen molar-refractivity contribution in [2.75, 3.05) is 19.6 Å². The Morgan fingerprint density at radius 1 is 1.15 bits per heavy atom. The van der Waals surface area contributed by atoms with Crippen molar-refractivity contribution >= 4 is 16.8 Å². The predicted molar refractivity (Wildman–Crippen MR) is 110 cm³/mol. The quantitative estimate of drug-likeness (QED) is 0.695. The van der Waals surface area contributed by atoms with Crippen LogP contribution in [-0.2, 0) is 0 Å². The highest BCUT2D eigenvalue weighted by molar-refractivity contribution is 6.07. The number of rotatable bonds is 7. The van der Waals surface area contributed by atoms with Crippen LogP contribution in [0.4, 0.5) is 0 Å². The average Bonchev–Trinajstić information content (AvgIpc) is 2.72. The molecule has 0 aliphatic heterocycles. The fourth-order valence-corrected chi connectivity index (χ4v) is 3.34. The van der Waals surface area contributed by atoms with Crippen LogP contribution in [0, 0.1) is 0 Å². The number of likely N-dealkylation sites (N-methyl/N-ethyl adjacent to an activating group) is 1. The molecule has 5 nitrogen and oxygen atoms in total. The summed E-state index contributed by atoms with van der Waals surface area (Å²) in [4.78, 5) is 24.2. The molecule has 1 atom stereocenters. The SMILES string of the molecule is CCN(CC)C(C)CNC(=O)c1cc(-c2cccnc2)nc2ccccc12. The minimum Gasteiger partial charge on any atom is -0.350 e. The van der Waals surface area contributed by atoms with Crippen LogP contribution in [0.25, 0.3) is 22.2 Å². The van der Waals surface area contributed by atoms with Gasteiger partial charge in [0.05, 0.1) is 16.8 Å². The van der Waals surface area contributed by atoms with Crippen molar-refractivity contribution in [1.29, 1.82) is 0 Å². The third kappa shape index (κ3) is 4.31. The lowest BCUT2D eigenvalue weighted by atomic mass is 10.0. The molecule has 27 heavy (non-hydrogen) atoms. The van der Waals surface area contributed by atoms with Crippen LogP contribution in [0.5, 0.6) is 0 Å². The van der Waals surface area contributed by atoms with Crippen molar-refractivity contribution in [3.05, 3.63) is 60.4 Å². The average molecular weight is 362 g/mol. The second kappa shape index (κ2) is 8.73. The first-order valence-corrected chi connectivity index (χ1v) is 9.46. The van der Waals surface area contributed by atoms with E-state index in [2.05, 4.69) is 36.0 Å². The van der Waals surface area contributed by atoms with Gasteiger partial charge >= 0.3 is 0 Å². The molecule has 0 saturated carbocycles. The van der Waals surface area contributed by atoms with E-state index in [9.17, 15) is 4.79 Å². The van der Waals surface area contributed by atoms with Crippen molar-refractivity contribution in [3.63, 3.8) is 0 Å². The van der Waals surface area contributed by atoms with Gasteiger partial charge in [0, 0.05) is 35.9 Å². The van der Waals surface area contributed by atoms with Gasteiger partial charge in [-0.1, -0.05) is 32.0 Å². The van der Waals surface area contributed by atoms with E-state index >= 15 is 0 Å². The Kier molecular flexibility index (Phi) is 6.14. The Morgan fingerprint density at radius 2 is 1.93 bits per heavy atom. The number of pyridine rings is 2. The zero-order valence-electron chi connectivity index (χ0n) is 16.1. The van der Waals surface area contributed by atoms with Gasteiger partial charge < -0.3 is 5.32 Å². The molecule has 1 N–H and O–H groups in total. The molecule has 0 radical (unpaired) electrons. The first-order chi connectivity index (χ1) is 13.1. The van der Waals surface area contributed by atoms with Crippen molar-refractivity contribution in [1.82, 2.24) is 20.2 Å². The largest absolute Gasteiger partial charge is 0.350 e. The predicted octanol–water partition coefficient (Wildman–Crippen LogP) is 3.76. The van der Waals surface area contributed by atoms with Crippen LogP contribution < -0.4 is 5.32 Å². The molecule has 140 valence electrons. The van der Waals surface area contributed by atoms with Gasteiger partial charge in [0.25, 0.3) is 5.91 Å². The normalized spacial score (nSPS) is 12.3. The van der Waals surface area contributed by atoms with E-state index in [0.717, 1.165) is 35.2 Å². The number of benzene rings is 1. The number of amides is 1. The third-order valence-corrected chi connectivity index (χ3v) is 4.91. The number of nitrogens with one attached hydrogen (secondary N) is 1. The van der Waals surface area contributed by atoms with Gasteiger partial charge in [-0.25, -0.2) is 4.98 Å². The zero-order chi connectivity index (χ0) is 19.2. The maximum Gasteiger partial charge on any atom is 0.252 e. The molecule has 5 heteroatoms. The van der Waals surface area contributed by atoms with Gasteiger partial charge in [0.1, 0.15) is 0 Å². The van der Waals surface area contributed by atoms with Crippen LogP contribution in [0.15, 0.2) is 54.9 Å². The number of carbonyl (C=O) groups is 1. The van der Waals surface area contributed by atoms with E-state index < -0.39 is 0 Å². The Hall–Kier alpha value is -2.79. The number of fused-ring (bicyclic) bond motifs is 1. The molecule has 3 rings (SSSR count). The van der Waals surface area contributed by atoms with Crippen molar-refractivity contribution in [2.45, 2.75) is 26.8 Å². The third-order valence-electron chi connectivity index (χ3n) is 4.91. The molecule has 0 aliphatic rings. The molecule has 0 bridgehead atoms. The summed E-state index contributed by atoms with van der Waals surface area (Å²) in [6.07, 6.45) is 3.49. The lowest BCUT2D eigenvalue weighted by Gasteiger charge is -2.26. The minimum atomic E-state index is -0.0715. The minimum absolute atomic E-state index is 0.0715. The van der Waals surface area contributed by atoms with Gasteiger partial charge in [-0.3, -0.25) is 14.7 Å². The van der Waals surface area contributed by atoms with Crippen LogP contribution in [0.2, 0.25) is 0 Å². The van der Waals surface area contributed by atoms with Crippen LogP contribution in [-0.4, -0.2) is 46.5 Å². The van der Waals surface area contributed by atoms with Crippen LogP contribution in [0.3, 0.4) is 0 Å².